The van der Waals surface area contributed by atoms with Crippen molar-refractivity contribution in [3.05, 3.63) is 59.7 Å². The van der Waals surface area contributed by atoms with Crippen LogP contribution in [0.15, 0.2) is 48.5 Å². The highest BCUT2D eigenvalue weighted by Crippen LogP contribution is 2.34. The first-order valence-electron chi connectivity index (χ1n) is 8.08. The van der Waals surface area contributed by atoms with Crippen molar-refractivity contribution in [3.63, 3.8) is 0 Å². The average Bonchev–Trinajstić information content (AvgIpc) is 3.01. The van der Waals surface area contributed by atoms with Crippen molar-refractivity contribution in [1.82, 2.24) is 4.90 Å². The fourth-order valence-electron chi connectivity index (χ4n) is 2.61. The molecule has 3 rings (SSSR count). The summed E-state index contributed by atoms with van der Waals surface area (Å²) in [5, 5.41) is 4.68. The lowest BCUT2D eigenvalue weighted by Crippen LogP contribution is -2.23. The van der Waals surface area contributed by atoms with Gasteiger partial charge in [0.25, 0.3) is 0 Å². The average molecular weight is 379 g/mol. The van der Waals surface area contributed by atoms with E-state index in [9.17, 15) is 22.8 Å². The SMILES string of the molecule is O=C(Nc1ccc(CN2CCOC2=O)cc1)Nc1ccccc1C(F)(F)F. The summed E-state index contributed by atoms with van der Waals surface area (Å²) in [4.78, 5) is 25.0. The number of halogens is 3. The van der Waals surface area contributed by atoms with Gasteiger partial charge in [-0.1, -0.05) is 24.3 Å². The van der Waals surface area contributed by atoms with Gasteiger partial charge in [0.15, 0.2) is 0 Å². The van der Waals surface area contributed by atoms with Gasteiger partial charge in [0.1, 0.15) is 6.61 Å². The van der Waals surface area contributed by atoms with Gasteiger partial charge >= 0.3 is 18.3 Å². The minimum atomic E-state index is -4.57. The summed E-state index contributed by atoms with van der Waals surface area (Å²) in [6.45, 7) is 1.25. The van der Waals surface area contributed by atoms with Crippen molar-refractivity contribution in [2.75, 3.05) is 23.8 Å². The number of ether oxygens (including phenoxy) is 1. The van der Waals surface area contributed by atoms with Crippen molar-refractivity contribution >= 4 is 23.5 Å². The Balaban J connectivity index is 1.61. The molecule has 0 aliphatic carbocycles. The van der Waals surface area contributed by atoms with E-state index in [2.05, 4.69) is 10.6 Å². The number of anilines is 2. The van der Waals surface area contributed by atoms with Crippen LogP contribution in [-0.4, -0.2) is 30.2 Å². The predicted octanol–water partition coefficient (Wildman–Crippen LogP) is 4.30. The van der Waals surface area contributed by atoms with E-state index in [1.165, 1.54) is 18.2 Å². The molecule has 27 heavy (non-hydrogen) atoms. The molecule has 1 saturated heterocycles. The third kappa shape index (κ3) is 4.69. The third-order valence-electron chi connectivity index (χ3n) is 3.91. The van der Waals surface area contributed by atoms with Gasteiger partial charge in [-0.3, -0.25) is 0 Å². The number of alkyl halides is 3. The maximum Gasteiger partial charge on any atom is 0.418 e. The number of hydrogen-bond acceptors (Lipinski definition) is 3. The van der Waals surface area contributed by atoms with Crippen molar-refractivity contribution in [2.45, 2.75) is 12.7 Å². The number of carbonyl (C=O) groups is 2. The smallest absolute Gasteiger partial charge is 0.418 e. The molecule has 0 radical (unpaired) electrons. The lowest BCUT2D eigenvalue weighted by molar-refractivity contribution is -0.136. The van der Waals surface area contributed by atoms with E-state index in [-0.39, 0.29) is 11.8 Å². The molecule has 0 unspecified atom stereocenters. The van der Waals surface area contributed by atoms with Crippen LogP contribution in [0.1, 0.15) is 11.1 Å². The highest BCUT2D eigenvalue weighted by atomic mass is 19.4. The van der Waals surface area contributed by atoms with Crippen LogP contribution in [0.4, 0.5) is 34.1 Å². The molecule has 142 valence electrons. The molecule has 0 atom stereocenters. The Morgan fingerprint density at radius 2 is 1.78 bits per heavy atom. The maximum atomic E-state index is 13.0. The van der Waals surface area contributed by atoms with Gasteiger partial charge in [-0.25, -0.2) is 9.59 Å². The lowest BCUT2D eigenvalue weighted by atomic mass is 10.1. The molecule has 3 amide bonds. The minimum Gasteiger partial charge on any atom is -0.448 e. The molecule has 1 fully saturated rings. The van der Waals surface area contributed by atoms with Gasteiger partial charge in [0.2, 0.25) is 0 Å². The van der Waals surface area contributed by atoms with Crippen LogP contribution < -0.4 is 10.6 Å². The molecule has 0 spiro atoms. The van der Waals surface area contributed by atoms with Crippen LogP contribution in [0, 0.1) is 0 Å². The van der Waals surface area contributed by atoms with Crippen LogP contribution in [0.2, 0.25) is 0 Å². The summed E-state index contributed by atoms with van der Waals surface area (Å²) in [5.41, 5.74) is -0.00775. The Morgan fingerprint density at radius 3 is 2.41 bits per heavy atom. The van der Waals surface area contributed by atoms with Crippen molar-refractivity contribution in [3.8, 4) is 0 Å². The van der Waals surface area contributed by atoms with E-state index in [0.717, 1.165) is 11.6 Å². The summed E-state index contributed by atoms with van der Waals surface area (Å²) >= 11 is 0. The van der Waals surface area contributed by atoms with Gasteiger partial charge in [0, 0.05) is 12.2 Å². The van der Waals surface area contributed by atoms with Crippen LogP contribution in [-0.2, 0) is 17.5 Å². The molecule has 1 aliphatic rings. The first-order valence-corrected chi connectivity index (χ1v) is 8.08. The van der Waals surface area contributed by atoms with Crippen molar-refractivity contribution in [2.24, 2.45) is 0 Å². The van der Waals surface area contributed by atoms with Crippen molar-refractivity contribution in [1.29, 1.82) is 0 Å². The number of nitrogens with zero attached hydrogens (tertiary/aromatic N) is 1. The quantitative estimate of drug-likeness (QED) is 0.832. The standard InChI is InChI=1S/C18H16F3N3O3/c19-18(20,21)14-3-1-2-4-15(14)23-16(25)22-13-7-5-12(6-8-13)11-24-9-10-27-17(24)26/h1-8H,9-11H2,(H2,22,23,25). The number of benzene rings is 2. The first-order chi connectivity index (χ1) is 12.8. The van der Waals surface area contributed by atoms with Gasteiger partial charge in [0.05, 0.1) is 17.8 Å². The summed E-state index contributed by atoms with van der Waals surface area (Å²) < 4.78 is 43.7. The van der Waals surface area contributed by atoms with Gasteiger partial charge < -0.3 is 20.3 Å². The van der Waals surface area contributed by atoms with Gasteiger partial charge in [-0.2, -0.15) is 13.2 Å². The van der Waals surface area contributed by atoms with E-state index in [4.69, 9.17) is 4.74 Å². The molecule has 6 nitrogen and oxygen atoms in total. The second-order valence-corrected chi connectivity index (χ2v) is 5.86. The van der Waals surface area contributed by atoms with E-state index in [1.54, 1.807) is 29.2 Å². The minimum absolute atomic E-state index is 0.327. The van der Waals surface area contributed by atoms with Crippen LogP contribution >= 0.6 is 0 Å². The normalized spacial score (nSPS) is 14.0. The molecule has 2 N–H and O–H groups in total. The molecular formula is C18H16F3N3O3. The number of amides is 3. The summed E-state index contributed by atoms with van der Waals surface area (Å²) in [6.07, 6.45) is -4.94. The number of urea groups is 1. The number of carbonyl (C=O) groups excluding carboxylic acids is 2. The number of rotatable bonds is 4. The highest BCUT2D eigenvalue weighted by Gasteiger charge is 2.33. The van der Waals surface area contributed by atoms with Gasteiger partial charge in [-0.15, -0.1) is 0 Å². The van der Waals surface area contributed by atoms with E-state index < -0.39 is 17.8 Å². The monoisotopic (exact) mass is 379 g/mol. The summed E-state index contributed by atoms with van der Waals surface area (Å²) in [5.74, 6) is 0. The zero-order valence-corrected chi connectivity index (χ0v) is 14.0. The fraction of sp³-hybridized carbons (Fsp3) is 0.222. The van der Waals surface area contributed by atoms with E-state index in [1.807, 2.05) is 0 Å². The Hall–Kier alpha value is -3.23. The number of nitrogens with one attached hydrogen (secondary N) is 2. The molecule has 2 aromatic rings. The zero-order chi connectivity index (χ0) is 19.4. The Bertz CT molecular complexity index is 838. The predicted molar refractivity (Wildman–Crippen MR) is 92.3 cm³/mol. The first kappa shape index (κ1) is 18.6. The highest BCUT2D eigenvalue weighted by molar-refractivity contribution is 6.00. The second-order valence-electron chi connectivity index (χ2n) is 5.86. The topological polar surface area (TPSA) is 70.7 Å². The van der Waals surface area contributed by atoms with Crippen molar-refractivity contribution < 1.29 is 27.5 Å². The number of para-hydroxylation sites is 1. The molecular weight excluding hydrogens is 363 g/mol. The second kappa shape index (κ2) is 7.56. The molecule has 2 aromatic carbocycles. The molecule has 1 heterocycles. The molecule has 0 aromatic heterocycles. The lowest BCUT2D eigenvalue weighted by Gasteiger charge is -2.15. The summed E-state index contributed by atoms with van der Waals surface area (Å²) in [7, 11) is 0. The van der Waals surface area contributed by atoms with Gasteiger partial charge in [-0.05, 0) is 29.8 Å². The molecule has 0 bridgehead atoms. The molecule has 0 saturated carbocycles. The largest absolute Gasteiger partial charge is 0.448 e. The Morgan fingerprint density at radius 1 is 1.07 bits per heavy atom. The molecule has 9 heteroatoms. The maximum absolute atomic E-state index is 13.0. The Labute approximate surface area is 152 Å². The van der Waals surface area contributed by atoms with Crippen LogP contribution in [0.3, 0.4) is 0 Å². The van der Waals surface area contributed by atoms with Crippen LogP contribution in [0.5, 0.6) is 0 Å². The summed E-state index contributed by atoms with van der Waals surface area (Å²) in [6, 6.07) is 10.6. The number of cyclic esters (lactones) is 1. The number of hydrogen-bond donors (Lipinski definition) is 2. The third-order valence-corrected chi connectivity index (χ3v) is 3.91. The molecule has 1 aliphatic heterocycles. The van der Waals surface area contributed by atoms with Crippen LogP contribution in [0.25, 0.3) is 0 Å². The van der Waals surface area contributed by atoms with E-state index in [0.29, 0.717) is 25.4 Å². The Kier molecular flexibility index (Phi) is 5.20. The fourth-order valence-corrected chi connectivity index (χ4v) is 2.61. The zero-order valence-electron chi connectivity index (χ0n) is 14.0. The van der Waals surface area contributed by atoms with E-state index >= 15 is 0 Å².